The van der Waals surface area contributed by atoms with E-state index in [1.165, 1.54) is 11.1 Å². The summed E-state index contributed by atoms with van der Waals surface area (Å²) in [6, 6.07) is 14.3. The number of anilines is 1. The van der Waals surface area contributed by atoms with Gasteiger partial charge < -0.3 is 10.5 Å². The second-order valence-corrected chi connectivity index (χ2v) is 8.74. The van der Waals surface area contributed by atoms with Crippen molar-refractivity contribution < 1.29 is 9.52 Å². The number of carbonyl (C=O) groups is 1. The zero-order valence-corrected chi connectivity index (χ0v) is 18.3. The molecular formula is C25H34N4O2. The summed E-state index contributed by atoms with van der Waals surface area (Å²) in [7, 11) is 0. The maximum absolute atomic E-state index is 12.4. The molecule has 0 saturated carbocycles. The van der Waals surface area contributed by atoms with E-state index in [2.05, 4.69) is 39.4 Å². The Morgan fingerprint density at radius 2 is 1.84 bits per heavy atom. The Labute approximate surface area is 185 Å². The molecule has 1 aliphatic heterocycles. The van der Waals surface area contributed by atoms with Gasteiger partial charge in [-0.15, -0.1) is 0 Å². The maximum Gasteiger partial charge on any atom is 0.279 e. The number of piperazine rings is 1. The lowest BCUT2D eigenvalue weighted by Crippen LogP contribution is -2.50. The smallest absolute Gasteiger partial charge is 0.279 e. The number of unbranched alkanes of at least 4 members (excludes halogenated alkanes) is 2. The number of aryl methyl sites for hydroxylation is 1. The second-order valence-electron chi connectivity index (χ2n) is 8.74. The summed E-state index contributed by atoms with van der Waals surface area (Å²) in [5, 5.41) is 15.2. The van der Waals surface area contributed by atoms with Crippen LogP contribution in [0.3, 0.4) is 0 Å². The molecule has 1 N–H and O–H groups in total. The van der Waals surface area contributed by atoms with Crippen molar-refractivity contribution in [2.75, 3.05) is 37.6 Å². The highest BCUT2D eigenvalue weighted by Gasteiger charge is 2.24. The van der Waals surface area contributed by atoms with Crippen molar-refractivity contribution in [2.45, 2.75) is 51.0 Å². The maximum atomic E-state index is 12.4. The van der Waals surface area contributed by atoms with Crippen LogP contribution >= 0.6 is 0 Å². The Kier molecular flexibility index (Phi) is 7.41. The fourth-order valence-corrected chi connectivity index (χ4v) is 4.83. The summed E-state index contributed by atoms with van der Waals surface area (Å²) in [5.41, 5.74) is 2.69. The molecule has 2 aliphatic rings. The minimum atomic E-state index is 0.184. The number of pyridine rings is 1. The molecule has 0 spiro atoms. The number of hydrogen-bond donors (Lipinski definition) is 1. The van der Waals surface area contributed by atoms with Crippen molar-refractivity contribution >= 4 is 11.7 Å². The highest BCUT2D eigenvalue weighted by molar-refractivity contribution is 5.76. The monoisotopic (exact) mass is 422 g/mol. The summed E-state index contributed by atoms with van der Waals surface area (Å²) in [6.07, 6.45) is 8.63. The number of amides is 1. The first-order valence-electron chi connectivity index (χ1n) is 11.7. The highest BCUT2D eigenvalue weighted by atomic mass is 16.5. The molecule has 1 unspecified atom stereocenters. The van der Waals surface area contributed by atoms with Crippen LogP contribution in [-0.4, -0.2) is 43.5 Å². The first-order chi connectivity index (χ1) is 15.2. The van der Waals surface area contributed by atoms with Crippen LogP contribution in [0.25, 0.3) is 0 Å². The van der Waals surface area contributed by atoms with Crippen molar-refractivity contribution in [1.29, 1.82) is 0 Å². The molecular weight excluding hydrogens is 388 g/mol. The zero-order valence-electron chi connectivity index (χ0n) is 18.3. The predicted molar refractivity (Wildman–Crippen MR) is 123 cm³/mol. The number of benzene rings is 1. The van der Waals surface area contributed by atoms with Crippen molar-refractivity contribution in [2.24, 2.45) is 0 Å². The number of rotatable bonds is 8. The molecule has 2 heterocycles. The third kappa shape index (κ3) is 5.76. The average molecular weight is 423 g/mol. The van der Waals surface area contributed by atoms with Crippen LogP contribution in [0.5, 0.6) is 0 Å². The number of aromatic nitrogens is 1. The SMILES string of the molecule is O=C(CCCCCN1CCN(c2cccc[n+]2[O-])CC1)NC1CCCc2ccccc21. The summed E-state index contributed by atoms with van der Waals surface area (Å²) < 4.78 is 0.951. The van der Waals surface area contributed by atoms with Gasteiger partial charge in [0, 0.05) is 25.6 Å². The molecule has 0 radical (unpaired) electrons. The molecule has 1 aliphatic carbocycles. The van der Waals surface area contributed by atoms with E-state index in [1.54, 1.807) is 12.3 Å². The van der Waals surface area contributed by atoms with E-state index in [0.29, 0.717) is 6.42 Å². The first kappa shape index (κ1) is 21.6. The summed E-state index contributed by atoms with van der Waals surface area (Å²) in [5.74, 6) is 0.929. The fourth-order valence-electron chi connectivity index (χ4n) is 4.83. The Hall–Kier alpha value is -2.60. The summed E-state index contributed by atoms with van der Waals surface area (Å²) >= 11 is 0. The quantitative estimate of drug-likeness (QED) is 0.403. The van der Waals surface area contributed by atoms with Crippen LogP contribution in [-0.2, 0) is 11.2 Å². The van der Waals surface area contributed by atoms with Gasteiger partial charge in [0.25, 0.3) is 5.82 Å². The van der Waals surface area contributed by atoms with Gasteiger partial charge in [-0.05, 0) is 55.8 Å². The molecule has 166 valence electrons. The van der Waals surface area contributed by atoms with Crippen LogP contribution in [0.1, 0.15) is 55.7 Å². The number of nitrogens with one attached hydrogen (secondary N) is 1. The molecule has 1 aromatic carbocycles. The van der Waals surface area contributed by atoms with E-state index >= 15 is 0 Å². The molecule has 1 amide bonds. The van der Waals surface area contributed by atoms with Gasteiger partial charge in [-0.25, -0.2) is 4.73 Å². The Morgan fingerprint density at radius 3 is 2.68 bits per heavy atom. The van der Waals surface area contributed by atoms with Crippen LogP contribution in [0.15, 0.2) is 48.7 Å². The summed E-state index contributed by atoms with van der Waals surface area (Å²) in [6.45, 7) is 4.81. The lowest BCUT2D eigenvalue weighted by molar-refractivity contribution is -0.592. The Bertz CT molecular complexity index is 864. The van der Waals surface area contributed by atoms with Gasteiger partial charge in [-0.1, -0.05) is 36.8 Å². The standard InChI is InChI=1S/C25H34N4O2/c30-24(26-23-12-8-10-21-9-3-4-11-22(21)23)13-2-1-6-15-27-17-19-28(20-18-27)25-14-5-7-16-29(25)31/h3-5,7,9,11,14,16,23H,1-2,6,8,10,12-13,15,17-20H2,(H,26,30). The van der Waals surface area contributed by atoms with Crippen molar-refractivity contribution in [1.82, 2.24) is 10.2 Å². The van der Waals surface area contributed by atoms with Crippen LogP contribution in [0.4, 0.5) is 5.82 Å². The Balaban J connectivity index is 1.10. The molecule has 1 atom stereocenters. The van der Waals surface area contributed by atoms with Gasteiger partial charge >= 0.3 is 0 Å². The molecule has 1 saturated heterocycles. The number of fused-ring (bicyclic) bond motifs is 1. The van der Waals surface area contributed by atoms with Gasteiger partial charge in [0.05, 0.1) is 25.3 Å². The van der Waals surface area contributed by atoms with Crippen molar-refractivity contribution in [3.63, 3.8) is 0 Å². The number of carbonyl (C=O) groups excluding carboxylic acids is 1. The topological polar surface area (TPSA) is 62.5 Å². The number of nitrogens with zero attached hydrogens (tertiary/aromatic N) is 3. The first-order valence-corrected chi connectivity index (χ1v) is 11.7. The lowest BCUT2D eigenvalue weighted by atomic mass is 9.87. The molecule has 6 nitrogen and oxygen atoms in total. The third-order valence-corrected chi connectivity index (χ3v) is 6.58. The van der Waals surface area contributed by atoms with Crippen molar-refractivity contribution in [3.8, 4) is 0 Å². The zero-order chi connectivity index (χ0) is 21.5. The normalized spacial score (nSPS) is 19.1. The molecule has 6 heteroatoms. The van der Waals surface area contributed by atoms with Gasteiger partial charge in [-0.2, -0.15) is 0 Å². The van der Waals surface area contributed by atoms with Crippen LogP contribution in [0.2, 0.25) is 0 Å². The van der Waals surface area contributed by atoms with Gasteiger partial charge in [0.1, 0.15) is 0 Å². The highest BCUT2D eigenvalue weighted by Crippen LogP contribution is 2.29. The average Bonchev–Trinajstić information content (AvgIpc) is 2.80. The van der Waals surface area contributed by atoms with E-state index in [1.807, 2.05) is 12.1 Å². The van der Waals surface area contributed by atoms with E-state index in [9.17, 15) is 10.0 Å². The van der Waals surface area contributed by atoms with Gasteiger partial charge in [0.2, 0.25) is 5.91 Å². The largest absolute Gasteiger partial charge is 0.711 e. The van der Waals surface area contributed by atoms with E-state index in [4.69, 9.17) is 0 Å². The second kappa shape index (κ2) is 10.6. The van der Waals surface area contributed by atoms with E-state index in [0.717, 1.165) is 81.8 Å². The predicted octanol–water partition coefficient (Wildman–Crippen LogP) is 3.20. The molecule has 2 aromatic rings. The van der Waals surface area contributed by atoms with E-state index in [-0.39, 0.29) is 11.9 Å². The van der Waals surface area contributed by atoms with Crippen molar-refractivity contribution in [3.05, 3.63) is 65.0 Å². The number of hydrogen-bond acceptors (Lipinski definition) is 4. The molecule has 0 bridgehead atoms. The van der Waals surface area contributed by atoms with Crippen LogP contribution < -0.4 is 14.9 Å². The van der Waals surface area contributed by atoms with Gasteiger partial charge in [-0.3, -0.25) is 14.6 Å². The Morgan fingerprint density at radius 1 is 1.03 bits per heavy atom. The minimum absolute atomic E-state index is 0.184. The lowest BCUT2D eigenvalue weighted by Gasteiger charge is -2.32. The van der Waals surface area contributed by atoms with Crippen LogP contribution in [0, 0.1) is 5.21 Å². The summed E-state index contributed by atoms with van der Waals surface area (Å²) in [4.78, 5) is 17.1. The molecule has 1 aromatic heterocycles. The molecule has 1 fully saturated rings. The van der Waals surface area contributed by atoms with E-state index < -0.39 is 0 Å². The third-order valence-electron chi connectivity index (χ3n) is 6.58. The fraction of sp³-hybridized carbons (Fsp3) is 0.520. The molecule has 4 rings (SSSR count). The minimum Gasteiger partial charge on any atom is -0.711 e. The molecule has 31 heavy (non-hydrogen) atoms. The van der Waals surface area contributed by atoms with Gasteiger partial charge in [0.15, 0.2) is 0 Å².